The zero-order valence-corrected chi connectivity index (χ0v) is 8.22. The number of pyridine rings is 1. The molecule has 1 aromatic heterocycles. The summed E-state index contributed by atoms with van der Waals surface area (Å²) in [6, 6.07) is 4.29. The van der Waals surface area contributed by atoms with E-state index in [0.29, 0.717) is 6.04 Å². The van der Waals surface area contributed by atoms with Crippen LogP contribution in [0.1, 0.15) is 13.8 Å². The monoisotopic (exact) mass is 214 g/mol. The summed E-state index contributed by atoms with van der Waals surface area (Å²) < 4.78 is 1.05. The lowest BCUT2D eigenvalue weighted by molar-refractivity contribution is 0.889. The van der Waals surface area contributed by atoms with Crippen LogP contribution in [0.5, 0.6) is 0 Å². The van der Waals surface area contributed by atoms with Crippen molar-refractivity contribution in [3.8, 4) is 0 Å². The Bertz CT molecular complexity index is 235. The number of rotatable bonds is 2. The molecule has 3 heteroatoms. The van der Waals surface area contributed by atoms with Gasteiger partial charge in [0, 0.05) is 16.7 Å². The SMILES string of the molecule is CC(C)Nc1cc(Br)ccn1. The summed E-state index contributed by atoms with van der Waals surface area (Å²) in [5.74, 6) is 0.911. The van der Waals surface area contributed by atoms with Crippen molar-refractivity contribution in [2.24, 2.45) is 0 Å². The van der Waals surface area contributed by atoms with Crippen molar-refractivity contribution in [3.63, 3.8) is 0 Å². The second-order valence-electron chi connectivity index (χ2n) is 2.66. The Kier molecular flexibility index (Phi) is 2.88. The van der Waals surface area contributed by atoms with Gasteiger partial charge in [0.15, 0.2) is 0 Å². The molecule has 0 aromatic carbocycles. The molecule has 0 saturated carbocycles. The number of hydrogen-bond acceptors (Lipinski definition) is 2. The van der Waals surface area contributed by atoms with E-state index in [1.807, 2.05) is 12.1 Å². The van der Waals surface area contributed by atoms with Crippen LogP contribution in [0.4, 0.5) is 5.82 Å². The highest BCUT2D eigenvalue weighted by Crippen LogP contribution is 2.12. The highest BCUT2D eigenvalue weighted by Gasteiger charge is 1.95. The van der Waals surface area contributed by atoms with Gasteiger partial charge < -0.3 is 5.32 Å². The summed E-state index contributed by atoms with van der Waals surface area (Å²) in [7, 11) is 0. The number of nitrogens with one attached hydrogen (secondary N) is 1. The Hall–Kier alpha value is -0.570. The zero-order valence-electron chi connectivity index (χ0n) is 6.63. The van der Waals surface area contributed by atoms with Gasteiger partial charge in [0.2, 0.25) is 0 Å². The minimum atomic E-state index is 0.428. The van der Waals surface area contributed by atoms with Crippen LogP contribution in [0.3, 0.4) is 0 Å². The van der Waals surface area contributed by atoms with Gasteiger partial charge in [0.25, 0.3) is 0 Å². The van der Waals surface area contributed by atoms with Crippen LogP contribution in [0.25, 0.3) is 0 Å². The number of nitrogens with zero attached hydrogens (tertiary/aromatic N) is 1. The molecule has 0 fully saturated rings. The quantitative estimate of drug-likeness (QED) is 0.820. The summed E-state index contributed by atoms with van der Waals surface area (Å²) in [5, 5.41) is 3.20. The maximum absolute atomic E-state index is 4.14. The Labute approximate surface area is 75.2 Å². The fourth-order valence-corrected chi connectivity index (χ4v) is 1.11. The molecular weight excluding hydrogens is 204 g/mol. The third-order valence-corrected chi connectivity index (χ3v) is 1.65. The molecular formula is C8H11BrN2. The zero-order chi connectivity index (χ0) is 8.27. The summed E-state index contributed by atoms with van der Waals surface area (Å²) in [6.45, 7) is 4.17. The molecule has 0 radical (unpaired) electrons. The van der Waals surface area contributed by atoms with E-state index in [4.69, 9.17) is 0 Å². The number of hydrogen-bond donors (Lipinski definition) is 1. The lowest BCUT2D eigenvalue weighted by Gasteiger charge is -2.07. The average molecular weight is 215 g/mol. The summed E-state index contributed by atoms with van der Waals surface area (Å²) in [6.07, 6.45) is 1.77. The molecule has 0 aliphatic carbocycles. The van der Waals surface area contributed by atoms with Crippen molar-refractivity contribution >= 4 is 21.7 Å². The van der Waals surface area contributed by atoms with Gasteiger partial charge in [-0.1, -0.05) is 15.9 Å². The van der Waals surface area contributed by atoms with Crippen LogP contribution < -0.4 is 5.32 Å². The Balaban J connectivity index is 2.71. The molecule has 1 heterocycles. The van der Waals surface area contributed by atoms with Crippen molar-refractivity contribution in [2.45, 2.75) is 19.9 Å². The van der Waals surface area contributed by atoms with Gasteiger partial charge in [-0.3, -0.25) is 0 Å². The first kappa shape index (κ1) is 8.53. The predicted octanol–water partition coefficient (Wildman–Crippen LogP) is 2.66. The summed E-state index contributed by atoms with van der Waals surface area (Å²) in [5.41, 5.74) is 0. The van der Waals surface area contributed by atoms with Crippen LogP contribution in [-0.4, -0.2) is 11.0 Å². The molecule has 0 bridgehead atoms. The standard InChI is InChI=1S/C8H11BrN2/c1-6(2)11-8-5-7(9)3-4-10-8/h3-6H,1-2H3,(H,10,11). The van der Waals surface area contributed by atoms with Gasteiger partial charge >= 0.3 is 0 Å². The van der Waals surface area contributed by atoms with Crippen molar-refractivity contribution < 1.29 is 0 Å². The minimum Gasteiger partial charge on any atom is -0.368 e. The second-order valence-corrected chi connectivity index (χ2v) is 3.57. The van der Waals surface area contributed by atoms with Gasteiger partial charge in [-0.15, -0.1) is 0 Å². The molecule has 11 heavy (non-hydrogen) atoms. The number of halogens is 1. The van der Waals surface area contributed by atoms with E-state index in [1.54, 1.807) is 6.20 Å². The minimum absolute atomic E-state index is 0.428. The Morgan fingerprint density at radius 3 is 2.82 bits per heavy atom. The molecule has 60 valence electrons. The first-order chi connectivity index (χ1) is 5.18. The lowest BCUT2D eigenvalue weighted by Crippen LogP contribution is -2.10. The molecule has 1 N–H and O–H groups in total. The van der Waals surface area contributed by atoms with Gasteiger partial charge in [-0.05, 0) is 26.0 Å². The van der Waals surface area contributed by atoms with Crippen molar-refractivity contribution in [3.05, 3.63) is 22.8 Å². The summed E-state index contributed by atoms with van der Waals surface area (Å²) in [4.78, 5) is 4.14. The molecule has 1 rings (SSSR count). The molecule has 0 saturated heterocycles. The van der Waals surface area contributed by atoms with Gasteiger partial charge in [0.05, 0.1) is 0 Å². The van der Waals surface area contributed by atoms with E-state index >= 15 is 0 Å². The third kappa shape index (κ3) is 2.89. The number of aromatic nitrogens is 1. The lowest BCUT2D eigenvalue weighted by atomic mass is 10.4. The maximum Gasteiger partial charge on any atom is 0.127 e. The molecule has 0 amide bonds. The molecule has 1 aromatic rings. The smallest absolute Gasteiger partial charge is 0.127 e. The molecule has 0 aliphatic rings. The molecule has 0 unspecified atom stereocenters. The fraction of sp³-hybridized carbons (Fsp3) is 0.375. The molecule has 0 aliphatic heterocycles. The number of anilines is 1. The first-order valence-corrected chi connectivity index (χ1v) is 4.36. The highest BCUT2D eigenvalue weighted by atomic mass is 79.9. The van der Waals surface area contributed by atoms with E-state index in [0.717, 1.165) is 10.3 Å². The topological polar surface area (TPSA) is 24.9 Å². The van der Waals surface area contributed by atoms with Crippen LogP contribution >= 0.6 is 15.9 Å². The van der Waals surface area contributed by atoms with Gasteiger partial charge in [0.1, 0.15) is 5.82 Å². The van der Waals surface area contributed by atoms with Crippen molar-refractivity contribution in [2.75, 3.05) is 5.32 Å². The average Bonchev–Trinajstić information content (AvgIpc) is 1.85. The van der Waals surface area contributed by atoms with Crippen molar-refractivity contribution in [1.29, 1.82) is 0 Å². The predicted molar refractivity (Wildman–Crippen MR) is 50.7 cm³/mol. The highest BCUT2D eigenvalue weighted by molar-refractivity contribution is 9.10. The molecule has 0 spiro atoms. The summed E-state index contributed by atoms with van der Waals surface area (Å²) >= 11 is 3.37. The van der Waals surface area contributed by atoms with E-state index < -0.39 is 0 Å². The third-order valence-electron chi connectivity index (χ3n) is 1.16. The van der Waals surface area contributed by atoms with E-state index in [1.165, 1.54) is 0 Å². The largest absolute Gasteiger partial charge is 0.368 e. The Morgan fingerprint density at radius 1 is 1.55 bits per heavy atom. The van der Waals surface area contributed by atoms with Crippen LogP contribution in [0.2, 0.25) is 0 Å². The normalized spacial score (nSPS) is 10.2. The van der Waals surface area contributed by atoms with Gasteiger partial charge in [-0.25, -0.2) is 4.98 Å². The fourth-order valence-electron chi connectivity index (χ4n) is 0.779. The van der Waals surface area contributed by atoms with Crippen LogP contribution in [0, 0.1) is 0 Å². The maximum atomic E-state index is 4.14. The van der Waals surface area contributed by atoms with Crippen LogP contribution in [-0.2, 0) is 0 Å². The second kappa shape index (κ2) is 3.72. The van der Waals surface area contributed by atoms with Gasteiger partial charge in [-0.2, -0.15) is 0 Å². The molecule has 0 atom stereocenters. The van der Waals surface area contributed by atoms with Crippen molar-refractivity contribution in [1.82, 2.24) is 4.98 Å². The molecule has 2 nitrogen and oxygen atoms in total. The van der Waals surface area contributed by atoms with E-state index in [2.05, 4.69) is 40.1 Å². The van der Waals surface area contributed by atoms with Crippen LogP contribution in [0.15, 0.2) is 22.8 Å². The van der Waals surface area contributed by atoms with E-state index in [-0.39, 0.29) is 0 Å². The first-order valence-electron chi connectivity index (χ1n) is 3.56. The Morgan fingerprint density at radius 2 is 2.27 bits per heavy atom. The van der Waals surface area contributed by atoms with E-state index in [9.17, 15) is 0 Å².